The zero-order valence-electron chi connectivity index (χ0n) is 7.64. The van der Waals surface area contributed by atoms with Gasteiger partial charge in [-0.2, -0.15) is 0 Å². The predicted octanol–water partition coefficient (Wildman–Crippen LogP) is -0.261. The number of amides is 1. The molecule has 5 nitrogen and oxygen atoms in total. The number of nitrogens with zero attached hydrogens (tertiary/aromatic N) is 2. The van der Waals surface area contributed by atoms with Crippen LogP contribution in [0.3, 0.4) is 0 Å². The maximum absolute atomic E-state index is 11.4. The molecule has 1 fully saturated rings. The van der Waals surface area contributed by atoms with E-state index in [0.717, 1.165) is 5.69 Å². The van der Waals surface area contributed by atoms with Crippen molar-refractivity contribution in [1.82, 2.24) is 15.3 Å². The third-order valence-electron chi connectivity index (χ3n) is 2.07. The molecule has 0 unspecified atom stereocenters. The smallest absolute Gasteiger partial charge is 0.228 e. The monoisotopic (exact) mass is 193 g/mol. The summed E-state index contributed by atoms with van der Waals surface area (Å²) in [5, 5.41) is 2.78. The molecule has 0 spiro atoms. The van der Waals surface area contributed by atoms with Crippen LogP contribution in [-0.2, 0) is 16.1 Å². The van der Waals surface area contributed by atoms with E-state index in [9.17, 15) is 4.79 Å². The highest BCUT2D eigenvalue weighted by molar-refractivity contribution is 5.79. The lowest BCUT2D eigenvalue weighted by Gasteiger charge is -2.24. The Bertz CT molecular complexity index is 311. The molecule has 0 saturated carbocycles. The van der Waals surface area contributed by atoms with Crippen molar-refractivity contribution in [2.75, 3.05) is 13.2 Å². The lowest BCUT2D eigenvalue weighted by molar-refractivity contribution is -0.139. The number of aromatic nitrogens is 2. The number of ether oxygens (including phenoxy) is 1. The summed E-state index contributed by atoms with van der Waals surface area (Å²) in [6, 6.07) is 0. The SMILES string of the molecule is O=C(NCc1cnccn1)C1COC1. The van der Waals surface area contributed by atoms with Crippen LogP contribution in [0.4, 0.5) is 0 Å². The molecular formula is C9H11N3O2. The van der Waals surface area contributed by atoms with Crippen molar-refractivity contribution in [2.45, 2.75) is 6.54 Å². The van der Waals surface area contributed by atoms with Crippen LogP contribution in [-0.4, -0.2) is 29.1 Å². The molecule has 1 amide bonds. The van der Waals surface area contributed by atoms with Crippen molar-refractivity contribution in [1.29, 1.82) is 0 Å². The van der Waals surface area contributed by atoms with Gasteiger partial charge in [-0.25, -0.2) is 0 Å². The number of nitrogens with one attached hydrogen (secondary N) is 1. The van der Waals surface area contributed by atoms with Crippen molar-refractivity contribution >= 4 is 5.91 Å². The number of hydrogen-bond donors (Lipinski definition) is 1. The van der Waals surface area contributed by atoms with E-state index in [1.54, 1.807) is 18.6 Å². The summed E-state index contributed by atoms with van der Waals surface area (Å²) in [4.78, 5) is 19.3. The van der Waals surface area contributed by atoms with Crippen LogP contribution in [0.2, 0.25) is 0 Å². The Morgan fingerprint density at radius 1 is 1.57 bits per heavy atom. The number of carbonyl (C=O) groups excluding carboxylic acids is 1. The molecule has 14 heavy (non-hydrogen) atoms. The fourth-order valence-electron chi connectivity index (χ4n) is 1.13. The summed E-state index contributed by atoms with van der Waals surface area (Å²) >= 11 is 0. The molecule has 74 valence electrons. The first-order valence-corrected chi connectivity index (χ1v) is 4.46. The molecule has 0 bridgehead atoms. The van der Waals surface area contributed by atoms with Gasteiger partial charge in [0.2, 0.25) is 5.91 Å². The normalized spacial score (nSPS) is 16.0. The molecule has 0 aromatic carbocycles. The topological polar surface area (TPSA) is 64.1 Å². The largest absolute Gasteiger partial charge is 0.380 e. The minimum absolute atomic E-state index is 0.0201. The zero-order chi connectivity index (χ0) is 9.80. The molecule has 2 rings (SSSR count). The fraction of sp³-hybridized carbons (Fsp3) is 0.444. The summed E-state index contributed by atoms with van der Waals surface area (Å²) in [7, 11) is 0. The van der Waals surface area contributed by atoms with Gasteiger partial charge in [0.1, 0.15) is 0 Å². The number of hydrogen-bond acceptors (Lipinski definition) is 4. The number of carbonyl (C=O) groups is 1. The van der Waals surface area contributed by atoms with Crippen LogP contribution in [0.15, 0.2) is 18.6 Å². The van der Waals surface area contributed by atoms with Gasteiger partial charge in [0.25, 0.3) is 0 Å². The molecular weight excluding hydrogens is 182 g/mol. The predicted molar refractivity (Wildman–Crippen MR) is 48.2 cm³/mol. The standard InChI is InChI=1S/C9H11N3O2/c13-9(7-5-14-6-7)12-4-8-3-10-1-2-11-8/h1-3,7H,4-6H2,(H,12,13). The van der Waals surface area contributed by atoms with Gasteiger partial charge in [0.15, 0.2) is 0 Å². The quantitative estimate of drug-likeness (QED) is 0.718. The second-order valence-corrected chi connectivity index (χ2v) is 3.15. The molecule has 0 atom stereocenters. The van der Waals surface area contributed by atoms with Gasteiger partial charge in [0, 0.05) is 12.4 Å². The Kier molecular flexibility index (Phi) is 2.69. The first-order valence-electron chi connectivity index (χ1n) is 4.46. The third-order valence-corrected chi connectivity index (χ3v) is 2.07. The molecule has 0 aliphatic carbocycles. The van der Waals surface area contributed by atoms with Crippen LogP contribution < -0.4 is 5.32 Å². The van der Waals surface area contributed by atoms with Crippen molar-refractivity contribution in [2.24, 2.45) is 5.92 Å². The van der Waals surface area contributed by atoms with Crippen molar-refractivity contribution in [3.8, 4) is 0 Å². The first kappa shape index (κ1) is 9.08. The minimum atomic E-state index is 0.0201. The van der Waals surface area contributed by atoms with E-state index in [-0.39, 0.29) is 11.8 Å². The van der Waals surface area contributed by atoms with Gasteiger partial charge in [-0.1, -0.05) is 0 Å². The maximum atomic E-state index is 11.4. The van der Waals surface area contributed by atoms with Crippen LogP contribution in [0.1, 0.15) is 5.69 Å². The summed E-state index contributed by atoms with van der Waals surface area (Å²) in [6.07, 6.45) is 4.84. The summed E-state index contributed by atoms with van der Waals surface area (Å²) in [5.41, 5.74) is 0.765. The highest BCUT2D eigenvalue weighted by atomic mass is 16.5. The van der Waals surface area contributed by atoms with E-state index in [2.05, 4.69) is 15.3 Å². The minimum Gasteiger partial charge on any atom is -0.380 e. The molecule has 1 N–H and O–H groups in total. The highest BCUT2D eigenvalue weighted by Gasteiger charge is 2.25. The van der Waals surface area contributed by atoms with Gasteiger partial charge < -0.3 is 10.1 Å². The van der Waals surface area contributed by atoms with Gasteiger partial charge >= 0.3 is 0 Å². The van der Waals surface area contributed by atoms with Crippen molar-refractivity contribution < 1.29 is 9.53 Å². The van der Waals surface area contributed by atoms with Gasteiger partial charge in [-0.05, 0) is 0 Å². The van der Waals surface area contributed by atoms with Crippen molar-refractivity contribution in [3.05, 3.63) is 24.3 Å². The third kappa shape index (κ3) is 2.05. The average Bonchev–Trinajstić information content (AvgIpc) is 2.14. The van der Waals surface area contributed by atoms with Crippen molar-refractivity contribution in [3.63, 3.8) is 0 Å². The lowest BCUT2D eigenvalue weighted by Crippen LogP contribution is -2.42. The summed E-state index contributed by atoms with van der Waals surface area (Å²) in [6.45, 7) is 1.50. The van der Waals surface area contributed by atoms with Crippen LogP contribution in [0.5, 0.6) is 0 Å². The van der Waals surface area contributed by atoms with Gasteiger partial charge in [-0.15, -0.1) is 0 Å². The molecule has 1 aromatic heterocycles. The Morgan fingerprint density at radius 3 is 3.00 bits per heavy atom. The number of rotatable bonds is 3. The molecule has 0 radical (unpaired) electrons. The zero-order valence-corrected chi connectivity index (χ0v) is 7.64. The van der Waals surface area contributed by atoms with E-state index < -0.39 is 0 Å². The van der Waals surface area contributed by atoms with E-state index in [1.165, 1.54) is 0 Å². The molecule has 5 heteroatoms. The molecule has 1 aliphatic heterocycles. The van der Waals surface area contributed by atoms with E-state index in [4.69, 9.17) is 4.74 Å². The maximum Gasteiger partial charge on any atom is 0.228 e. The Balaban J connectivity index is 1.79. The highest BCUT2D eigenvalue weighted by Crippen LogP contribution is 2.09. The fourth-order valence-corrected chi connectivity index (χ4v) is 1.13. The Labute approximate surface area is 81.5 Å². The van der Waals surface area contributed by atoms with E-state index in [1.807, 2.05) is 0 Å². The summed E-state index contributed by atoms with van der Waals surface area (Å²) < 4.78 is 4.92. The van der Waals surface area contributed by atoms with E-state index >= 15 is 0 Å². The molecule has 1 aromatic rings. The summed E-state index contributed by atoms with van der Waals surface area (Å²) in [5.74, 6) is 0.0496. The Hall–Kier alpha value is -1.49. The second-order valence-electron chi connectivity index (χ2n) is 3.15. The van der Waals surface area contributed by atoms with Crippen LogP contribution >= 0.6 is 0 Å². The first-order chi connectivity index (χ1) is 6.86. The van der Waals surface area contributed by atoms with Gasteiger partial charge in [0.05, 0.1) is 37.6 Å². The Morgan fingerprint density at radius 2 is 2.43 bits per heavy atom. The molecule has 1 aliphatic rings. The lowest BCUT2D eigenvalue weighted by atomic mass is 10.1. The molecule has 2 heterocycles. The van der Waals surface area contributed by atoms with Crippen LogP contribution in [0, 0.1) is 5.92 Å². The van der Waals surface area contributed by atoms with E-state index in [0.29, 0.717) is 19.8 Å². The van der Waals surface area contributed by atoms with Crippen LogP contribution in [0.25, 0.3) is 0 Å². The molecule has 1 saturated heterocycles. The average molecular weight is 193 g/mol. The van der Waals surface area contributed by atoms with Gasteiger partial charge in [-0.3, -0.25) is 14.8 Å². The second kappa shape index (κ2) is 4.15.